The van der Waals surface area contributed by atoms with Crippen LogP contribution in [0.3, 0.4) is 0 Å². The zero-order chi connectivity index (χ0) is 21.6. The zero-order valence-corrected chi connectivity index (χ0v) is 17.3. The van der Waals surface area contributed by atoms with Crippen LogP contribution < -0.4 is 0 Å². The molecule has 0 aromatic carbocycles. The van der Waals surface area contributed by atoms with Gasteiger partial charge in [0.05, 0.1) is 13.7 Å². The van der Waals surface area contributed by atoms with Crippen molar-refractivity contribution in [3.63, 3.8) is 0 Å². The van der Waals surface area contributed by atoms with Crippen molar-refractivity contribution in [3.8, 4) is 0 Å². The topological polar surface area (TPSA) is 84.0 Å². The van der Waals surface area contributed by atoms with Crippen LogP contribution in [0.1, 0.15) is 39.5 Å². The lowest BCUT2D eigenvalue weighted by atomic mass is 9.73. The van der Waals surface area contributed by atoms with Gasteiger partial charge in [-0.15, -0.1) is 0 Å². The predicted molar refractivity (Wildman–Crippen MR) is 109 cm³/mol. The molecule has 2 aliphatic rings. The first-order chi connectivity index (χ1) is 13.8. The van der Waals surface area contributed by atoms with Gasteiger partial charge in [0, 0.05) is 6.54 Å². The molecular weight excluding hydrogens is 372 g/mol. The number of methoxy groups -OCH3 is 1. The third kappa shape index (κ3) is 4.55. The van der Waals surface area contributed by atoms with Gasteiger partial charge in [-0.2, -0.15) is 0 Å². The highest BCUT2D eigenvalue weighted by molar-refractivity contribution is 6.21. The molecule has 0 saturated carbocycles. The van der Waals surface area contributed by atoms with Crippen molar-refractivity contribution in [1.29, 1.82) is 0 Å². The van der Waals surface area contributed by atoms with Crippen LogP contribution in [0.15, 0.2) is 48.3 Å². The fourth-order valence-electron chi connectivity index (χ4n) is 3.54. The normalized spacial score (nSPS) is 23.1. The van der Waals surface area contributed by atoms with Gasteiger partial charge in [0.2, 0.25) is 5.91 Å². The first-order valence-electron chi connectivity index (χ1n) is 9.75. The van der Waals surface area contributed by atoms with E-state index in [9.17, 15) is 19.2 Å². The third-order valence-electron chi connectivity index (χ3n) is 5.31. The van der Waals surface area contributed by atoms with Crippen LogP contribution in [0, 0.1) is 5.41 Å². The van der Waals surface area contributed by atoms with Crippen molar-refractivity contribution in [2.75, 3.05) is 20.2 Å². The maximum atomic E-state index is 13.2. The lowest BCUT2D eigenvalue weighted by molar-refractivity contribution is -0.155. The summed E-state index contributed by atoms with van der Waals surface area (Å²) in [7, 11) is 1.48. The molecule has 7 heteroatoms. The molecule has 1 unspecified atom stereocenters. The van der Waals surface area contributed by atoms with Gasteiger partial charge in [0.1, 0.15) is 11.2 Å². The molecule has 0 aromatic heterocycles. The van der Waals surface area contributed by atoms with Crippen molar-refractivity contribution in [2.24, 2.45) is 5.41 Å². The molecule has 156 valence electrons. The molecule has 0 radical (unpaired) electrons. The Bertz CT molecular complexity index is 808. The SMILES string of the molecule is C=C(/C=C\C=C\C(=O)CN1C(=O)N(CC)C(=O)C(C)(C2=CCCCC2)C1=O)OC. The number of hydrogen-bond donors (Lipinski definition) is 0. The number of carbonyl (C=O) groups excluding carboxylic acids is 4. The Kier molecular flexibility index (Phi) is 7.31. The molecule has 1 fully saturated rings. The second-order valence-electron chi connectivity index (χ2n) is 7.18. The van der Waals surface area contributed by atoms with Gasteiger partial charge in [0.25, 0.3) is 5.91 Å². The summed E-state index contributed by atoms with van der Waals surface area (Å²) in [5, 5.41) is 0. The third-order valence-corrected chi connectivity index (χ3v) is 5.31. The van der Waals surface area contributed by atoms with Crippen LogP contribution >= 0.6 is 0 Å². The Morgan fingerprint density at radius 1 is 1.17 bits per heavy atom. The van der Waals surface area contributed by atoms with Gasteiger partial charge in [-0.25, -0.2) is 4.79 Å². The summed E-state index contributed by atoms with van der Waals surface area (Å²) in [5.74, 6) is -1.14. The highest BCUT2D eigenvalue weighted by Gasteiger charge is 2.55. The molecule has 1 saturated heterocycles. The highest BCUT2D eigenvalue weighted by atomic mass is 16.5. The summed E-state index contributed by atoms with van der Waals surface area (Å²) in [6.45, 7) is 6.58. The van der Waals surface area contributed by atoms with Gasteiger partial charge < -0.3 is 4.74 Å². The summed E-state index contributed by atoms with van der Waals surface area (Å²) in [6.07, 6.45) is 11.2. The van der Waals surface area contributed by atoms with E-state index >= 15 is 0 Å². The van der Waals surface area contributed by atoms with Gasteiger partial charge in [-0.3, -0.25) is 24.2 Å². The maximum absolute atomic E-state index is 13.2. The quantitative estimate of drug-likeness (QED) is 0.205. The minimum atomic E-state index is -1.44. The van der Waals surface area contributed by atoms with E-state index in [1.165, 1.54) is 19.3 Å². The molecule has 1 aliphatic heterocycles. The number of urea groups is 1. The van der Waals surface area contributed by atoms with Crippen molar-refractivity contribution in [2.45, 2.75) is 39.5 Å². The summed E-state index contributed by atoms with van der Waals surface area (Å²) < 4.78 is 4.88. The molecule has 1 aliphatic carbocycles. The Balaban J connectivity index is 2.26. The number of imide groups is 2. The van der Waals surface area contributed by atoms with Gasteiger partial charge >= 0.3 is 6.03 Å². The lowest BCUT2D eigenvalue weighted by Crippen LogP contribution is -2.65. The second kappa shape index (κ2) is 9.49. The number of carbonyl (C=O) groups is 4. The van der Waals surface area contributed by atoms with Gasteiger partial charge in [0.15, 0.2) is 5.78 Å². The van der Waals surface area contributed by atoms with Crippen molar-refractivity contribution in [1.82, 2.24) is 9.80 Å². The molecule has 2 rings (SSSR count). The van der Waals surface area contributed by atoms with Crippen LogP contribution in [0.2, 0.25) is 0 Å². The van der Waals surface area contributed by atoms with Crippen LogP contribution in [0.25, 0.3) is 0 Å². The van der Waals surface area contributed by atoms with E-state index in [2.05, 4.69) is 6.58 Å². The molecule has 4 amide bonds. The van der Waals surface area contributed by atoms with Crippen molar-refractivity contribution in [3.05, 3.63) is 48.3 Å². The summed E-state index contributed by atoms with van der Waals surface area (Å²) in [4.78, 5) is 53.2. The number of ether oxygens (including phenoxy) is 1. The standard InChI is InChI=1S/C22H28N2O5/c1-5-23-19(26)22(3,17-12-7-6-8-13-17)20(27)24(21(23)28)15-18(25)14-10-9-11-16(2)29-4/h9-12,14H,2,5-8,13,15H2,1,3-4H3/b11-9-,14-10+. The molecule has 0 bridgehead atoms. The van der Waals surface area contributed by atoms with E-state index in [0.717, 1.165) is 34.6 Å². The summed E-state index contributed by atoms with van der Waals surface area (Å²) >= 11 is 0. The molecule has 0 aromatic rings. The Morgan fingerprint density at radius 3 is 2.41 bits per heavy atom. The Labute approximate surface area is 171 Å². The first kappa shape index (κ1) is 22.3. The van der Waals surface area contributed by atoms with Gasteiger partial charge in [-0.1, -0.05) is 24.8 Å². The minimum Gasteiger partial charge on any atom is -0.497 e. The molecule has 29 heavy (non-hydrogen) atoms. The molecule has 0 N–H and O–H groups in total. The number of nitrogens with zero attached hydrogens (tertiary/aromatic N) is 2. The monoisotopic (exact) mass is 400 g/mol. The molecule has 1 atom stereocenters. The average Bonchev–Trinajstić information content (AvgIpc) is 2.73. The van der Waals surface area contributed by atoms with Crippen LogP contribution in [-0.2, 0) is 19.1 Å². The van der Waals surface area contributed by atoms with E-state index in [-0.39, 0.29) is 6.54 Å². The number of rotatable bonds is 8. The van der Waals surface area contributed by atoms with Crippen molar-refractivity contribution >= 4 is 23.6 Å². The maximum Gasteiger partial charge on any atom is 0.333 e. The predicted octanol–water partition coefficient (Wildman–Crippen LogP) is 3.15. The van der Waals surface area contributed by atoms with Crippen LogP contribution in [0.4, 0.5) is 4.79 Å². The smallest absolute Gasteiger partial charge is 0.333 e. The van der Waals surface area contributed by atoms with E-state index in [1.54, 1.807) is 26.0 Å². The van der Waals surface area contributed by atoms with E-state index < -0.39 is 35.6 Å². The van der Waals surface area contributed by atoms with Gasteiger partial charge in [-0.05, 0) is 57.3 Å². The molecular formula is C22H28N2O5. The fraction of sp³-hybridized carbons (Fsp3) is 0.455. The Hall–Kier alpha value is -2.96. The molecule has 1 heterocycles. The van der Waals surface area contributed by atoms with E-state index in [0.29, 0.717) is 12.2 Å². The molecule has 7 nitrogen and oxygen atoms in total. The minimum absolute atomic E-state index is 0.135. The average molecular weight is 400 g/mol. The number of allylic oxidation sites excluding steroid dienone is 4. The fourth-order valence-corrected chi connectivity index (χ4v) is 3.54. The van der Waals surface area contributed by atoms with Crippen LogP contribution in [0.5, 0.6) is 0 Å². The Morgan fingerprint density at radius 2 is 1.83 bits per heavy atom. The number of hydrogen-bond acceptors (Lipinski definition) is 5. The lowest BCUT2D eigenvalue weighted by Gasteiger charge is -2.43. The number of ketones is 1. The van der Waals surface area contributed by atoms with E-state index in [1.807, 2.05) is 6.08 Å². The second-order valence-corrected chi connectivity index (χ2v) is 7.18. The molecule has 0 spiro atoms. The zero-order valence-electron chi connectivity index (χ0n) is 17.3. The first-order valence-corrected chi connectivity index (χ1v) is 9.75. The summed E-state index contributed by atoms with van der Waals surface area (Å²) in [5.41, 5.74) is -0.705. The number of barbiturate groups is 1. The highest BCUT2D eigenvalue weighted by Crippen LogP contribution is 2.40. The number of amides is 4. The van der Waals surface area contributed by atoms with Crippen molar-refractivity contribution < 1.29 is 23.9 Å². The van der Waals surface area contributed by atoms with Crippen LogP contribution in [-0.4, -0.2) is 53.6 Å². The largest absolute Gasteiger partial charge is 0.497 e. The summed E-state index contributed by atoms with van der Waals surface area (Å²) in [6, 6.07) is -0.749. The van der Waals surface area contributed by atoms with E-state index in [4.69, 9.17) is 4.74 Å².